The van der Waals surface area contributed by atoms with E-state index in [-0.39, 0.29) is 30.7 Å². The van der Waals surface area contributed by atoms with Crippen LogP contribution in [0.1, 0.15) is 5.56 Å². The molecule has 2 aromatic heterocycles. The van der Waals surface area contributed by atoms with Crippen molar-refractivity contribution in [1.82, 2.24) is 9.29 Å². The summed E-state index contributed by atoms with van der Waals surface area (Å²) in [6.45, 7) is 0. The minimum atomic E-state index is -4.64. The van der Waals surface area contributed by atoms with Gasteiger partial charge in [0.15, 0.2) is 0 Å². The molecule has 3 N–H and O–H groups in total. The Morgan fingerprint density at radius 2 is 1.71 bits per heavy atom. The van der Waals surface area contributed by atoms with Crippen LogP contribution < -0.4 is 15.6 Å². The van der Waals surface area contributed by atoms with Gasteiger partial charge in [0.1, 0.15) is 4.21 Å². The molecule has 4 rings (SSSR count). The van der Waals surface area contributed by atoms with E-state index in [9.17, 15) is 36.3 Å². The second-order valence-corrected chi connectivity index (χ2v) is 10.7. The van der Waals surface area contributed by atoms with Crippen molar-refractivity contribution in [3.63, 3.8) is 0 Å². The van der Waals surface area contributed by atoms with Gasteiger partial charge >= 0.3 is 12.2 Å². The van der Waals surface area contributed by atoms with E-state index in [1.54, 1.807) is 0 Å². The number of hydrogen-bond donors (Lipinski definition) is 3. The van der Waals surface area contributed by atoms with Gasteiger partial charge in [-0.05, 0) is 53.9 Å². The topological polar surface area (TPSA) is 118 Å². The number of nitrogens with zero attached hydrogens (tertiary/aromatic N) is 1. The predicted molar refractivity (Wildman–Crippen MR) is 125 cm³/mol. The lowest BCUT2D eigenvalue weighted by Crippen LogP contribution is -2.33. The fraction of sp³-hybridized carbons (Fsp3) is 0.0476. The number of alkyl halides is 3. The lowest BCUT2D eigenvalue weighted by molar-refractivity contribution is -0.137. The quantitative estimate of drug-likeness (QED) is 0.337. The van der Waals surface area contributed by atoms with Gasteiger partial charge < -0.3 is 10.4 Å². The summed E-state index contributed by atoms with van der Waals surface area (Å²) >= 11 is 6.48. The summed E-state index contributed by atoms with van der Waals surface area (Å²) in [6, 6.07) is 10.5. The van der Waals surface area contributed by atoms with Crippen LogP contribution in [0.2, 0.25) is 4.34 Å². The number of fused-ring (bicyclic) bond motifs is 1. The van der Waals surface area contributed by atoms with E-state index in [1.165, 1.54) is 36.4 Å². The Balaban J connectivity index is 1.59. The maximum atomic E-state index is 13.1. The smallest absolute Gasteiger partial charge is 0.416 e. The first kappa shape index (κ1) is 24.6. The van der Waals surface area contributed by atoms with Crippen LogP contribution in [0, 0.1) is 0 Å². The number of amides is 2. The van der Waals surface area contributed by atoms with E-state index in [2.05, 4.69) is 5.32 Å². The zero-order valence-electron chi connectivity index (χ0n) is 17.1. The average molecular weight is 544 g/mol. The van der Waals surface area contributed by atoms with E-state index in [1.807, 2.05) is 4.72 Å². The first-order chi connectivity index (χ1) is 16.3. The third-order valence-electron chi connectivity index (χ3n) is 4.76. The number of carbonyl (C=O) groups is 1. The summed E-state index contributed by atoms with van der Waals surface area (Å²) in [5.74, 6) is -0.697. The average Bonchev–Trinajstić information content (AvgIpc) is 3.21. The monoisotopic (exact) mass is 543 g/mol. The first-order valence-electron chi connectivity index (χ1n) is 9.51. The lowest BCUT2D eigenvalue weighted by atomic mass is 10.1. The highest BCUT2D eigenvalue weighted by atomic mass is 35.5. The van der Waals surface area contributed by atoms with Crippen molar-refractivity contribution in [3.8, 4) is 11.6 Å². The van der Waals surface area contributed by atoms with E-state index in [0.29, 0.717) is 0 Å². The minimum absolute atomic E-state index is 0.0959. The number of thiophene rings is 1. The molecule has 182 valence electrons. The zero-order chi connectivity index (χ0) is 25.5. The van der Waals surface area contributed by atoms with Crippen LogP contribution in [0.25, 0.3) is 16.5 Å². The van der Waals surface area contributed by atoms with Crippen LogP contribution >= 0.6 is 22.9 Å². The van der Waals surface area contributed by atoms with Gasteiger partial charge in [-0.15, -0.1) is 11.3 Å². The van der Waals surface area contributed by atoms with Crippen molar-refractivity contribution in [1.29, 1.82) is 0 Å². The molecule has 0 fully saturated rings. The number of sulfonamides is 1. The molecule has 8 nitrogen and oxygen atoms in total. The van der Waals surface area contributed by atoms with Crippen molar-refractivity contribution in [2.24, 2.45) is 0 Å². The Labute approximate surface area is 204 Å². The molecule has 0 unspecified atom stereocenters. The Morgan fingerprint density at radius 1 is 1.03 bits per heavy atom. The van der Waals surface area contributed by atoms with Gasteiger partial charge in [0.25, 0.3) is 15.6 Å². The van der Waals surface area contributed by atoms with Gasteiger partial charge in [-0.3, -0.25) is 4.79 Å². The highest BCUT2D eigenvalue weighted by molar-refractivity contribution is 7.92. The number of pyridine rings is 1. The number of aromatic hydroxyl groups is 1. The standard InChI is InChI=1S/C21H13ClF3N3O5S2/c22-16-7-8-18(34-16)35(32,33)27-20(31)26-13-3-5-14(6-4-13)28-17(29)9-11-1-2-12(21(23,24)25)10-15(11)19(28)30/h1-10,30H,(H2,26,27,31). The number of halogens is 4. The maximum Gasteiger partial charge on any atom is 0.416 e. The summed E-state index contributed by atoms with van der Waals surface area (Å²) in [5.41, 5.74) is -1.46. The van der Waals surface area contributed by atoms with Crippen molar-refractivity contribution in [2.45, 2.75) is 10.4 Å². The fourth-order valence-electron chi connectivity index (χ4n) is 3.19. The normalized spacial score (nSPS) is 12.0. The number of urea groups is 1. The Hall–Kier alpha value is -3.55. The molecule has 2 heterocycles. The molecular weight excluding hydrogens is 531 g/mol. The SMILES string of the molecule is O=C(Nc1ccc(-n2c(O)c3cc(C(F)(F)F)ccc3cc2=O)cc1)NS(=O)(=O)c1ccc(Cl)s1. The molecule has 14 heteroatoms. The van der Waals surface area contributed by atoms with Gasteiger partial charge in [0.2, 0.25) is 5.88 Å². The second-order valence-electron chi connectivity index (χ2n) is 7.11. The predicted octanol–water partition coefficient (Wildman–Crippen LogP) is 4.94. The number of aromatic nitrogens is 1. The number of hydrogen-bond acceptors (Lipinski definition) is 6. The van der Waals surface area contributed by atoms with Crippen molar-refractivity contribution < 1.29 is 31.5 Å². The number of rotatable bonds is 4. The molecule has 35 heavy (non-hydrogen) atoms. The maximum absolute atomic E-state index is 13.1. The number of nitrogens with one attached hydrogen (secondary N) is 2. The summed E-state index contributed by atoms with van der Waals surface area (Å²) < 4.78 is 66.3. The molecule has 2 aromatic carbocycles. The van der Waals surface area contributed by atoms with Crippen molar-refractivity contribution in [2.75, 3.05) is 5.32 Å². The third-order valence-corrected chi connectivity index (χ3v) is 7.81. The highest BCUT2D eigenvalue weighted by Gasteiger charge is 2.31. The van der Waals surface area contributed by atoms with Crippen LogP contribution in [0.4, 0.5) is 23.7 Å². The molecule has 0 aliphatic rings. The highest BCUT2D eigenvalue weighted by Crippen LogP contribution is 2.34. The zero-order valence-corrected chi connectivity index (χ0v) is 19.5. The van der Waals surface area contributed by atoms with Crippen LogP contribution in [0.3, 0.4) is 0 Å². The summed E-state index contributed by atoms with van der Waals surface area (Å²) in [7, 11) is -4.14. The lowest BCUT2D eigenvalue weighted by Gasteiger charge is -2.14. The summed E-state index contributed by atoms with van der Waals surface area (Å²) in [6.07, 6.45) is -4.64. The van der Waals surface area contributed by atoms with E-state index in [4.69, 9.17) is 11.6 Å². The second kappa shape index (κ2) is 8.91. The summed E-state index contributed by atoms with van der Waals surface area (Å²) in [4.78, 5) is 24.6. The van der Waals surface area contributed by atoms with Crippen molar-refractivity contribution in [3.05, 3.63) is 80.9 Å². The molecule has 4 aromatic rings. The molecule has 0 bridgehead atoms. The third kappa shape index (κ3) is 5.11. The molecule has 0 radical (unpaired) electrons. The Kier molecular flexibility index (Phi) is 6.25. The van der Waals surface area contributed by atoms with E-state index in [0.717, 1.165) is 40.2 Å². The van der Waals surface area contributed by atoms with Crippen LogP contribution in [0.5, 0.6) is 5.88 Å². The molecule has 0 spiro atoms. The number of benzene rings is 2. The van der Waals surface area contributed by atoms with Gasteiger partial charge in [0.05, 0.1) is 15.6 Å². The summed E-state index contributed by atoms with van der Waals surface area (Å²) in [5, 5.41) is 12.8. The molecule has 0 saturated carbocycles. The molecule has 0 atom stereocenters. The largest absolute Gasteiger partial charge is 0.494 e. The first-order valence-corrected chi connectivity index (χ1v) is 12.2. The van der Waals surface area contributed by atoms with Gasteiger partial charge in [-0.25, -0.2) is 22.5 Å². The fourth-order valence-corrected chi connectivity index (χ4v) is 5.58. The van der Waals surface area contributed by atoms with Crippen molar-refractivity contribution >= 4 is 55.5 Å². The molecule has 0 saturated heterocycles. The van der Waals surface area contributed by atoms with E-state index < -0.39 is 39.2 Å². The Morgan fingerprint density at radius 3 is 2.31 bits per heavy atom. The molecule has 0 aliphatic heterocycles. The molecule has 2 amide bonds. The molecular formula is C21H13ClF3N3O5S2. The number of anilines is 1. The van der Waals surface area contributed by atoms with Crippen LogP contribution in [0.15, 0.2) is 69.7 Å². The van der Waals surface area contributed by atoms with Crippen LogP contribution in [-0.4, -0.2) is 24.1 Å². The Bertz CT molecular complexity index is 1610. The number of carbonyl (C=O) groups excluding carboxylic acids is 1. The van der Waals surface area contributed by atoms with Gasteiger partial charge in [0, 0.05) is 17.1 Å². The molecule has 0 aliphatic carbocycles. The van der Waals surface area contributed by atoms with Gasteiger partial charge in [-0.1, -0.05) is 17.7 Å². The van der Waals surface area contributed by atoms with Crippen LogP contribution in [-0.2, 0) is 16.2 Å². The van der Waals surface area contributed by atoms with E-state index >= 15 is 0 Å². The van der Waals surface area contributed by atoms with Gasteiger partial charge in [-0.2, -0.15) is 13.2 Å². The minimum Gasteiger partial charge on any atom is -0.494 e.